The molecule has 5 nitrogen and oxygen atoms in total. The van der Waals surface area contributed by atoms with E-state index in [-0.39, 0.29) is 5.91 Å². The SMILES string of the molecule is Cc1nn(-c2ccccc2)c(C)c1CN(C)C(=O)c1cccc(OCC(C)C)c1. The van der Waals surface area contributed by atoms with Gasteiger partial charge in [0.1, 0.15) is 5.75 Å². The molecule has 3 rings (SSSR count). The summed E-state index contributed by atoms with van der Waals surface area (Å²) >= 11 is 0. The molecule has 0 unspecified atom stereocenters. The van der Waals surface area contributed by atoms with Gasteiger partial charge in [-0.3, -0.25) is 4.79 Å². The number of hydrogen-bond donors (Lipinski definition) is 0. The quantitative estimate of drug-likeness (QED) is 0.581. The summed E-state index contributed by atoms with van der Waals surface area (Å²) in [5.41, 5.74) is 4.68. The van der Waals surface area contributed by atoms with E-state index in [0.717, 1.165) is 28.4 Å². The van der Waals surface area contributed by atoms with Gasteiger partial charge in [0.15, 0.2) is 0 Å². The Kier molecular flexibility index (Phi) is 6.37. The van der Waals surface area contributed by atoms with Crippen molar-refractivity contribution in [2.45, 2.75) is 34.2 Å². The number of hydrogen-bond acceptors (Lipinski definition) is 3. The highest BCUT2D eigenvalue weighted by molar-refractivity contribution is 5.94. The number of carbonyl (C=O) groups is 1. The molecule has 0 atom stereocenters. The largest absolute Gasteiger partial charge is 0.493 e. The van der Waals surface area contributed by atoms with Crippen LogP contribution in [0.1, 0.15) is 41.2 Å². The number of amides is 1. The zero-order valence-electron chi connectivity index (χ0n) is 17.8. The smallest absolute Gasteiger partial charge is 0.254 e. The van der Waals surface area contributed by atoms with Gasteiger partial charge in [-0.1, -0.05) is 38.1 Å². The van der Waals surface area contributed by atoms with E-state index in [1.165, 1.54) is 0 Å². The number of para-hydroxylation sites is 1. The number of aryl methyl sites for hydroxylation is 1. The van der Waals surface area contributed by atoms with Crippen LogP contribution < -0.4 is 4.74 Å². The molecule has 0 bridgehead atoms. The Hall–Kier alpha value is -3.08. The Morgan fingerprint density at radius 3 is 2.52 bits per heavy atom. The summed E-state index contributed by atoms with van der Waals surface area (Å²) in [6.45, 7) is 9.36. The van der Waals surface area contributed by atoms with Crippen molar-refractivity contribution in [1.29, 1.82) is 0 Å². The molecule has 0 aliphatic carbocycles. The minimum atomic E-state index is -0.0359. The van der Waals surface area contributed by atoms with Crippen molar-refractivity contribution in [2.24, 2.45) is 5.92 Å². The maximum atomic E-state index is 13.0. The van der Waals surface area contributed by atoms with Crippen LogP contribution in [0.5, 0.6) is 5.75 Å². The number of benzene rings is 2. The molecule has 0 radical (unpaired) electrons. The molecule has 0 aliphatic rings. The first kappa shape index (κ1) is 20.6. The first-order valence-electron chi connectivity index (χ1n) is 9.95. The van der Waals surface area contributed by atoms with Crippen LogP contribution in [-0.2, 0) is 6.54 Å². The van der Waals surface area contributed by atoms with Crippen LogP contribution in [0.3, 0.4) is 0 Å². The van der Waals surface area contributed by atoms with E-state index >= 15 is 0 Å². The third kappa shape index (κ3) is 4.86. The van der Waals surface area contributed by atoms with Crippen molar-refractivity contribution in [3.05, 3.63) is 77.1 Å². The summed E-state index contributed by atoms with van der Waals surface area (Å²) in [6, 6.07) is 17.4. The molecule has 1 amide bonds. The van der Waals surface area contributed by atoms with Gasteiger partial charge in [-0.2, -0.15) is 5.10 Å². The molecule has 2 aromatic carbocycles. The van der Waals surface area contributed by atoms with Crippen LogP contribution in [0, 0.1) is 19.8 Å². The van der Waals surface area contributed by atoms with Crippen LogP contribution in [0.15, 0.2) is 54.6 Å². The van der Waals surface area contributed by atoms with Gasteiger partial charge in [0, 0.05) is 30.4 Å². The summed E-state index contributed by atoms with van der Waals surface area (Å²) in [5.74, 6) is 1.12. The second kappa shape index (κ2) is 8.95. The van der Waals surface area contributed by atoms with Gasteiger partial charge >= 0.3 is 0 Å². The van der Waals surface area contributed by atoms with E-state index in [1.54, 1.807) is 4.90 Å². The molecule has 0 aliphatic heterocycles. The van der Waals surface area contributed by atoms with Gasteiger partial charge < -0.3 is 9.64 Å². The lowest BCUT2D eigenvalue weighted by molar-refractivity contribution is 0.0784. The van der Waals surface area contributed by atoms with Gasteiger partial charge in [0.25, 0.3) is 5.91 Å². The van der Waals surface area contributed by atoms with Gasteiger partial charge in [-0.05, 0) is 50.1 Å². The van der Waals surface area contributed by atoms with Gasteiger partial charge in [-0.15, -0.1) is 0 Å². The van der Waals surface area contributed by atoms with Crippen molar-refractivity contribution >= 4 is 5.91 Å². The number of nitrogens with zero attached hydrogens (tertiary/aromatic N) is 3. The summed E-state index contributed by atoms with van der Waals surface area (Å²) in [4.78, 5) is 14.7. The zero-order chi connectivity index (χ0) is 21.0. The highest BCUT2D eigenvalue weighted by atomic mass is 16.5. The molecule has 1 heterocycles. The molecule has 0 fully saturated rings. The second-order valence-electron chi connectivity index (χ2n) is 7.79. The monoisotopic (exact) mass is 391 g/mol. The number of rotatable bonds is 7. The van der Waals surface area contributed by atoms with E-state index in [4.69, 9.17) is 4.74 Å². The van der Waals surface area contributed by atoms with Crippen molar-refractivity contribution < 1.29 is 9.53 Å². The van der Waals surface area contributed by atoms with Crippen LogP contribution in [0.4, 0.5) is 0 Å². The predicted molar refractivity (Wildman–Crippen MR) is 116 cm³/mol. The van der Waals surface area contributed by atoms with Crippen molar-refractivity contribution in [3.63, 3.8) is 0 Å². The van der Waals surface area contributed by atoms with Crippen molar-refractivity contribution in [2.75, 3.05) is 13.7 Å². The fourth-order valence-corrected chi connectivity index (χ4v) is 3.24. The third-order valence-corrected chi connectivity index (χ3v) is 4.85. The summed E-state index contributed by atoms with van der Waals surface area (Å²) in [6.07, 6.45) is 0. The molecule has 0 spiro atoms. The maximum absolute atomic E-state index is 13.0. The molecule has 1 aromatic heterocycles. The predicted octanol–water partition coefficient (Wildman–Crippen LogP) is 4.80. The zero-order valence-corrected chi connectivity index (χ0v) is 17.8. The normalized spacial score (nSPS) is 11.0. The average Bonchev–Trinajstić information content (AvgIpc) is 3.00. The Morgan fingerprint density at radius 1 is 1.10 bits per heavy atom. The maximum Gasteiger partial charge on any atom is 0.254 e. The number of carbonyl (C=O) groups excluding carboxylic acids is 1. The molecule has 0 saturated carbocycles. The Balaban J connectivity index is 1.77. The number of aromatic nitrogens is 2. The van der Waals surface area contributed by atoms with Crippen LogP contribution in [0.25, 0.3) is 5.69 Å². The van der Waals surface area contributed by atoms with Crippen molar-refractivity contribution in [3.8, 4) is 11.4 Å². The van der Waals surface area contributed by atoms with E-state index in [0.29, 0.717) is 24.6 Å². The lowest BCUT2D eigenvalue weighted by atomic mass is 10.1. The Labute approximate surface area is 172 Å². The average molecular weight is 392 g/mol. The first-order valence-corrected chi connectivity index (χ1v) is 9.95. The second-order valence-corrected chi connectivity index (χ2v) is 7.79. The highest BCUT2D eigenvalue weighted by Gasteiger charge is 2.18. The highest BCUT2D eigenvalue weighted by Crippen LogP contribution is 2.21. The lowest BCUT2D eigenvalue weighted by Crippen LogP contribution is -2.26. The molecule has 0 N–H and O–H groups in total. The van der Waals surface area contributed by atoms with Gasteiger partial charge in [0.2, 0.25) is 0 Å². The molecule has 3 aromatic rings. The molecule has 29 heavy (non-hydrogen) atoms. The van der Waals surface area contributed by atoms with E-state index < -0.39 is 0 Å². The fourth-order valence-electron chi connectivity index (χ4n) is 3.24. The topological polar surface area (TPSA) is 47.4 Å². The molecule has 152 valence electrons. The van der Waals surface area contributed by atoms with E-state index in [9.17, 15) is 4.79 Å². The molecule has 0 saturated heterocycles. The summed E-state index contributed by atoms with van der Waals surface area (Å²) in [5, 5.41) is 4.68. The van der Waals surface area contributed by atoms with Gasteiger partial charge in [0.05, 0.1) is 18.0 Å². The van der Waals surface area contributed by atoms with E-state index in [2.05, 4.69) is 18.9 Å². The van der Waals surface area contributed by atoms with E-state index in [1.807, 2.05) is 80.2 Å². The third-order valence-electron chi connectivity index (χ3n) is 4.85. The summed E-state index contributed by atoms with van der Waals surface area (Å²) < 4.78 is 7.70. The first-order chi connectivity index (χ1) is 13.9. The minimum Gasteiger partial charge on any atom is -0.493 e. The van der Waals surface area contributed by atoms with Gasteiger partial charge in [-0.25, -0.2) is 4.68 Å². The molecule has 5 heteroatoms. The fraction of sp³-hybridized carbons (Fsp3) is 0.333. The van der Waals surface area contributed by atoms with Crippen LogP contribution in [0.2, 0.25) is 0 Å². The Morgan fingerprint density at radius 2 is 1.83 bits per heavy atom. The summed E-state index contributed by atoms with van der Waals surface area (Å²) in [7, 11) is 1.82. The molecular weight excluding hydrogens is 362 g/mol. The van der Waals surface area contributed by atoms with Crippen LogP contribution >= 0.6 is 0 Å². The number of ether oxygens (including phenoxy) is 1. The Bertz CT molecular complexity index is 977. The molecular formula is C24H29N3O2. The standard InChI is InChI=1S/C24H29N3O2/c1-17(2)16-29-22-13-9-10-20(14-22)24(28)26(5)15-23-18(3)25-27(19(23)4)21-11-7-6-8-12-21/h6-14,17H,15-16H2,1-5H3. The van der Waals surface area contributed by atoms with Crippen LogP contribution in [-0.4, -0.2) is 34.2 Å². The lowest BCUT2D eigenvalue weighted by Gasteiger charge is -2.18. The van der Waals surface area contributed by atoms with Crippen molar-refractivity contribution in [1.82, 2.24) is 14.7 Å². The minimum absolute atomic E-state index is 0.0359.